The maximum absolute atomic E-state index is 11.7. The predicted octanol–water partition coefficient (Wildman–Crippen LogP) is 1.41. The zero-order valence-corrected chi connectivity index (χ0v) is 10.1. The average molecular weight is 235 g/mol. The molecule has 0 saturated heterocycles. The first-order chi connectivity index (χ1) is 8.15. The lowest BCUT2D eigenvalue weighted by molar-refractivity contribution is -0.142. The molecular weight excluding hydrogens is 218 g/mol. The number of carbonyl (C=O) groups excluding carboxylic acids is 2. The number of carbonyl (C=O) groups is 2. The molecule has 1 aromatic carbocycles. The first kappa shape index (κ1) is 13.4. The number of hydrogen-bond donors (Lipinski definition) is 1. The van der Waals surface area contributed by atoms with Crippen molar-refractivity contribution in [2.45, 2.75) is 19.4 Å². The highest BCUT2D eigenvalue weighted by Crippen LogP contribution is 2.02. The number of esters is 1. The molecule has 92 valence electrons. The molecule has 0 spiro atoms. The van der Waals surface area contributed by atoms with Gasteiger partial charge >= 0.3 is 5.97 Å². The molecule has 0 radical (unpaired) electrons. The van der Waals surface area contributed by atoms with Crippen LogP contribution in [0.15, 0.2) is 30.3 Å². The van der Waals surface area contributed by atoms with E-state index in [0.717, 1.165) is 0 Å². The van der Waals surface area contributed by atoms with Gasteiger partial charge in [0.2, 0.25) is 0 Å². The molecule has 1 atom stereocenters. The van der Waals surface area contributed by atoms with E-state index in [2.05, 4.69) is 10.1 Å². The van der Waals surface area contributed by atoms with E-state index in [9.17, 15) is 9.59 Å². The van der Waals surface area contributed by atoms with Gasteiger partial charge in [-0.25, -0.2) is 0 Å². The Balaban J connectivity index is 2.32. The summed E-state index contributed by atoms with van der Waals surface area (Å²) in [6, 6.07) is 8.71. The SMILES string of the molecule is COC(=O)C(C)NCCC(=O)c1ccccc1. The van der Waals surface area contributed by atoms with Gasteiger partial charge in [-0.05, 0) is 6.92 Å². The molecule has 0 aromatic heterocycles. The van der Waals surface area contributed by atoms with E-state index in [1.54, 1.807) is 19.1 Å². The minimum absolute atomic E-state index is 0.0650. The summed E-state index contributed by atoms with van der Waals surface area (Å²) >= 11 is 0. The van der Waals surface area contributed by atoms with E-state index in [1.807, 2.05) is 18.2 Å². The number of methoxy groups -OCH3 is 1. The van der Waals surface area contributed by atoms with Crippen molar-refractivity contribution in [1.82, 2.24) is 5.32 Å². The summed E-state index contributed by atoms with van der Waals surface area (Å²) < 4.78 is 4.57. The van der Waals surface area contributed by atoms with Crippen LogP contribution in [0.25, 0.3) is 0 Å². The van der Waals surface area contributed by atoms with Gasteiger partial charge in [-0.2, -0.15) is 0 Å². The van der Waals surface area contributed by atoms with E-state index in [0.29, 0.717) is 18.5 Å². The third-order valence-electron chi connectivity index (χ3n) is 2.45. The molecule has 1 N–H and O–H groups in total. The summed E-state index contributed by atoms with van der Waals surface area (Å²) in [6.07, 6.45) is 0.366. The van der Waals surface area contributed by atoms with Gasteiger partial charge in [0.25, 0.3) is 0 Å². The molecule has 1 rings (SSSR count). The van der Waals surface area contributed by atoms with Crippen molar-refractivity contribution < 1.29 is 14.3 Å². The van der Waals surface area contributed by atoms with Crippen LogP contribution in [-0.2, 0) is 9.53 Å². The van der Waals surface area contributed by atoms with Crippen molar-refractivity contribution in [3.05, 3.63) is 35.9 Å². The molecule has 0 saturated carbocycles. The predicted molar refractivity (Wildman–Crippen MR) is 64.9 cm³/mol. The van der Waals surface area contributed by atoms with Gasteiger partial charge in [0.15, 0.2) is 5.78 Å². The summed E-state index contributed by atoms with van der Waals surface area (Å²) in [4.78, 5) is 22.8. The molecule has 1 unspecified atom stereocenters. The zero-order valence-electron chi connectivity index (χ0n) is 10.1. The molecule has 0 fully saturated rings. The molecule has 0 aliphatic rings. The van der Waals surface area contributed by atoms with Gasteiger partial charge in [0, 0.05) is 18.5 Å². The largest absolute Gasteiger partial charge is 0.468 e. The van der Waals surface area contributed by atoms with Crippen LogP contribution in [-0.4, -0.2) is 31.4 Å². The van der Waals surface area contributed by atoms with Crippen LogP contribution in [0.2, 0.25) is 0 Å². The molecule has 0 bridgehead atoms. The van der Waals surface area contributed by atoms with Gasteiger partial charge in [0.05, 0.1) is 7.11 Å². The highest BCUT2D eigenvalue weighted by atomic mass is 16.5. The number of ketones is 1. The fourth-order valence-electron chi connectivity index (χ4n) is 1.43. The van der Waals surface area contributed by atoms with Gasteiger partial charge in [0.1, 0.15) is 6.04 Å². The lowest BCUT2D eigenvalue weighted by Crippen LogP contribution is -2.36. The van der Waals surface area contributed by atoms with Crippen LogP contribution in [0.1, 0.15) is 23.7 Å². The van der Waals surface area contributed by atoms with Crippen LogP contribution in [0, 0.1) is 0 Å². The minimum Gasteiger partial charge on any atom is -0.468 e. The van der Waals surface area contributed by atoms with Crippen LogP contribution < -0.4 is 5.32 Å². The first-order valence-corrected chi connectivity index (χ1v) is 5.54. The third-order valence-corrected chi connectivity index (χ3v) is 2.45. The zero-order chi connectivity index (χ0) is 12.7. The second-order valence-electron chi connectivity index (χ2n) is 3.74. The van der Waals surface area contributed by atoms with Crippen molar-refractivity contribution >= 4 is 11.8 Å². The van der Waals surface area contributed by atoms with Crippen molar-refractivity contribution in [2.75, 3.05) is 13.7 Å². The summed E-state index contributed by atoms with van der Waals surface area (Å²) in [5, 5.41) is 2.94. The highest BCUT2D eigenvalue weighted by Gasteiger charge is 2.12. The maximum Gasteiger partial charge on any atom is 0.322 e. The monoisotopic (exact) mass is 235 g/mol. The van der Waals surface area contributed by atoms with Gasteiger partial charge in [-0.1, -0.05) is 30.3 Å². The van der Waals surface area contributed by atoms with Crippen molar-refractivity contribution in [3.8, 4) is 0 Å². The molecule has 17 heavy (non-hydrogen) atoms. The Morgan fingerprint density at radius 3 is 2.53 bits per heavy atom. The van der Waals surface area contributed by atoms with E-state index in [4.69, 9.17) is 0 Å². The molecule has 0 aliphatic heterocycles. The Labute approximate surface area is 101 Å². The van der Waals surface area contributed by atoms with E-state index >= 15 is 0 Å². The highest BCUT2D eigenvalue weighted by molar-refractivity contribution is 5.96. The van der Waals surface area contributed by atoms with Crippen LogP contribution >= 0.6 is 0 Å². The van der Waals surface area contributed by atoms with Crippen LogP contribution in [0.4, 0.5) is 0 Å². The lowest BCUT2D eigenvalue weighted by Gasteiger charge is -2.10. The summed E-state index contributed by atoms with van der Waals surface area (Å²) in [6.45, 7) is 2.17. The van der Waals surface area contributed by atoms with Crippen molar-refractivity contribution in [2.24, 2.45) is 0 Å². The topological polar surface area (TPSA) is 55.4 Å². The third kappa shape index (κ3) is 4.36. The Bertz CT molecular complexity index is 376. The molecule has 0 heterocycles. The first-order valence-electron chi connectivity index (χ1n) is 5.54. The lowest BCUT2D eigenvalue weighted by atomic mass is 10.1. The normalized spacial score (nSPS) is 11.9. The van der Waals surface area contributed by atoms with Crippen molar-refractivity contribution in [3.63, 3.8) is 0 Å². The second-order valence-corrected chi connectivity index (χ2v) is 3.74. The molecule has 4 heteroatoms. The summed E-state index contributed by atoms with van der Waals surface area (Å²) in [5.74, 6) is -0.257. The number of hydrogen-bond acceptors (Lipinski definition) is 4. The van der Waals surface area contributed by atoms with E-state index in [1.165, 1.54) is 7.11 Å². The van der Waals surface area contributed by atoms with E-state index in [-0.39, 0.29) is 17.8 Å². The van der Waals surface area contributed by atoms with E-state index < -0.39 is 0 Å². The minimum atomic E-state index is -0.386. The molecule has 1 aromatic rings. The standard InChI is InChI=1S/C13H17NO3/c1-10(13(16)17-2)14-9-8-12(15)11-6-4-3-5-7-11/h3-7,10,14H,8-9H2,1-2H3. The summed E-state index contributed by atoms with van der Waals surface area (Å²) in [7, 11) is 1.34. The summed E-state index contributed by atoms with van der Waals surface area (Å²) in [5.41, 5.74) is 0.694. The molecule has 0 amide bonds. The molecular formula is C13H17NO3. The fraction of sp³-hybridized carbons (Fsp3) is 0.385. The Hall–Kier alpha value is -1.68. The van der Waals surface area contributed by atoms with Crippen molar-refractivity contribution in [1.29, 1.82) is 0 Å². The Morgan fingerprint density at radius 2 is 1.94 bits per heavy atom. The Morgan fingerprint density at radius 1 is 1.29 bits per heavy atom. The number of Topliss-reactive ketones (excluding diaryl/α,β-unsaturated/α-hetero) is 1. The fourth-order valence-corrected chi connectivity index (χ4v) is 1.43. The van der Waals surface area contributed by atoms with Gasteiger partial charge in [-0.15, -0.1) is 0 Å². The average Bonchev–Trinajstić information content (AvgIpc) is 2.38. The number of ether oxygens (including phenoxy) is 1. The van der Waals surface area contributed by atoms with Crippen LogP contribution in [0.5, 0.6) is 0 Å². The van der Waals surface area contributed by atoms with Crippen LogP contribution in [0.3, 0.4) is 0 Å². The number of benzene rings is 1. The smallest absolute Gasteiger partial charge is 0.322 e. The second kappa shape index (κ2) is 6.81. The van der Waals surface area contributed by atoms with Gasteiger partial charge in [-0.3, -0.25) is 9.59 Å². The molecule has 0 aliphatic carbocycles. The quantitative estimate of drug-likeness (QED) is 0.598. The number of rotatable bonds is 6. The molecule has 4 nitrogen and oxygen atoms in total. The van der Waals surface area contributed by atoms with Gasteiger partial charge < -0.3 is 10.1 Å². The maximum atomic E-state index is 11.7. The number of nitrogens with one attached hydrogen (secondary N) is 1. The Kier molecular flexibility index (Phi) is 5.36.